The Labute approximate surface area is 131 Å². The van der Waals surface area contributed by atoms with E-state index in [1.54, 1.807) is 13.2 Å². The van der Waals surface area contributed by atoms with Crippen LogP contribution in [0.1, 0.15) is 38.2 Å². The highest BCUT2D eigenvalue weighted by Crippen LogP contribution is 2.38. The SMILES string of the molecule is COC1(C(Cc2ccc(F)cc2Cl)NN)CCC(C)CC1. The first-order valence-corrected chi connectivity index (χ1v) is 7.84. The van der Waals surface area contributed by atoms with Crippen LogP contribution in [0.2, 0.25) is 5.02 Å². The largest absolute Gasteiger partial charge is 0.377 e. The van der Waals surface area contributed by atoms with E-state index in [2.05, 4.69) is 12.3 Å². The van der Waals surface area contributed by atoms with Crippen molar-refractivity contribution in [1.29, 1.82) is 0 Å². The number of nitrogens with two attached hydrogens (primary N) is 1. The summed E-state index contributed by atoms with van der Waals surface area (Å²) in [5, 5.41) is 0.436. The average molecular weight is 315 g/mol. The van der Waals surface area contributed by atoms with Gasteiger partial charge in [-0.2, -0.15) is 0 Å². The van der Waals surface area contributed by atoms with Crippen molar-refractivity contribution in [2.45, 2.75) is 50.7 Å². The number of methoxy groups -OCH3 is 1. The summed E-state index contributed by atoms with van der Waals surface area (Å²) in [5.41, 5.74) is 3.50. The summed E-state index contributed by atoms with van der Waals surface area (Å²) in [6, 6.07) is 4.44. The standard InChI is InChI=1S/C16H24ClFN2O/c1-11-5-7-16(21-2,8-6-11)15(20-19)9-12-3-4-13(18)10-14(12)17/h3-4,10-11,15,20H,5-9,19H2,1-2H3. The molecule has 118 valence electrons. The van der Waals surface area contributed by atoms with Crippen molar-refractivity contribution < 1.29 is 9.13 Å². The van der Waals surface area contributed by atoms with Crippen molar-refractivity contribution in [3.8, 4) is 0 Å². The summed E-state index contributed by atoms with van der Waals surface area (Å²) < 4.78 is 19.0. The quantitative estimate of drug-likeness (QED) is 0.646. The van der Waals surface area contributed by atoms with Gasteiger partial charge in [0.15, 0.2) is 0 Å². The van der Waals surface area contributed by atoms with Gasteiger partial charge in [-0.3, -0.25) is 11.3 Å². The fourth-order valence-electron chi connectivity index (χ4n) is 3.25. The van der Waals surface area contributed by atoms with Crippen molar-refractivity contribution >= 4 is 11.6 Å². The molecule has 0 radical (unpaired) electrons. The van der Waals surface area contributed by atoms with Gasteiger partial charge in [0.05, 0.1) is 11.6 Å². The van der Waals surface area contributed by atoms with Crippen LogP contribution in [0, 0.1) is 11.7 Å². The van der Waals surface area contributed by atoms with Gasteiger partial charge in [-0.05, 0) is 55.7 Å². The third-order valence-electron chi connectivity index (χ3n) is 4.80. The molecule has 0 aromatic heterocycles. The summed E-state index contributed by atoms with van der Waals surface area (Å²) in [4.78, 5) is 0. The molecule has 3 N–H and O–H groups in total. The van der Waals surface area contributed by atoms with Crippen LogP contribution in [-0.4, -0.2) is 18.8 Å². The van der Waals surface area contributed by atoms with Gasteiger partial charge in [0.1, 0.15) is 5.82 Å². The van der Waals surface area contributed by atoms with Crippen LogP contribution in [0.4, 0.5) is 4.39 Å². The minimum Gasteiger partial charge on any atom is -0.377 e. The molecule has 21 heavy (non-hydrogen) atoms. The molecule has 1 atom stereocenters. The monoisotopic (exact) mass is 314 g/mol. The Morgan fingerprint density at radius 1 is 1.48 bits per heavy atom. The number of rotatable bonds is 5. The molecule has 0 heterocycles. The fourth-order valence-corrected chi connectivity index (χ4v) is 3.49. The molecule has 1 unspecified atom stereocenters. The number of benzene rings is 1. The molecule has 1 aliphatic carbocycles. The zero-order valence-electron chi connectivity index (χ0n) is 12.7. The molecular weight excluding hydrogens is 291 g/mol. The number of hydrogen-bond acceptors (Lipinski definition) is 3. The molecule has 3 nitrogen and oxygen atoms in total. The lowest BCUT2D eigenvalue weighted by atomic mass is 9.74. The Hall–Kier alpha value is -0.680. The maximum Gasteiger partial charge on any atom is 0.124 e. The molecule has 1 aromatic carbocycles. The summed E-state index contributed by atoms with van der Waals surface area (Å²) in [6.45, 7) is 2.27. The molecule has 2 rings (SSSR count). The first-order chi connectivity index (χ1) is 10.0. The lowest BCUT2D eigenvalue weighted by Crippen LogP contribution is -2.57. The van der Waals surface area contributed by atoms with E-state index < -0.39 is 0 Å². The topological polar surface area (TPSA) is 47.3 Å². The van der Waals surface area contributed by atoms with Crippen LogP contribution in [-0.2, 0) is 11.2 Å². The van der Waals surface area contributed by atoms with Crippen LogP contribution in [0.25, 0.3) is 0 Å². The van der Waals surface area contributed by atoms with Crippen LogP contribution in [0.3, 0.4) is 0 Å². The molecule has 1 aromatic rings. The Balaban J connectivity index is 2.17. The Kier molecular flexibility index (Phi) is 5.60. The second kappa shape index (κ2) is 7.05. The second-order valence-electron chi connectivity index (χ2n) is 6.11. The number of nitrogens with one attached hydrogen (secondary N) is 1. The molecule has 1 fully saturated rings. The van der Waals surface area contributed by atoms with Crippen LogP contribution in [0.15, 0.2) is 18.2 Å². The molecule has 1 aliphatic rings. The van der Waals surface area contributed by atoms with Gasteiger partial charge in [-0.15, -0.1) is 0 Å². The van der Waals surface area contributed by atoms with E-state index in [4.69, 9.17) is 22.2 Å². The van der Waals surface area contributed by atoms with Crippen molar-refractivity contribution in [2.24, 2.45) is 11.8 Å². The average Bonchev–Trinajstić information content (AvgIpc) is 2.48. The van der Waals surface area contributed by atoms with E-state index >= 15 is 0 Å². The lowest BCUT2D eigenvalue weighted by molar-refractivity contribution is -0.0746. The van der Waals surface area contributed by atoms with Crippen molar-refractivity contribution in [3.05, 3.63) is 34.6 Å². The summed E-state index contributed by atoms with van der Waals surface area (Å²) >= 11 is 6.13. The number of halogens is 2. The highest BCUT2D eigenvalue weighted by Gasteiger charge is 2.41. The van der Waals surface area contributed by atoms with Gasteiger partial charge < -0.3 is 4.74 Å². The van der Waals surface area contributed by atoms with E-state index in [-0.39, 0.29) is 17.5 Å². The van der Waals surface area contributed by atoms with E-state index in [0.717, 1.165) is 37.2 Å². The van der Waals surface area contributed by atoms with Gasteiger partial charge in [0.25, 0.3) is 0 Å². The van der Waals surface area contributed by atoms with Crippen LogP contribution < -0.4 is 11.3 Å². The molecule has 0 amide bonds. The number of hydrogen-bond donors (Lipinski definition) is 2. The number of hydrazine groups is 1. The molecule has 0 spiro atoms. The minimum absolute atomic E-state index is 0.0436. The Morgan fingerprint density at radius 2 is 2.14 bits per heavy atom. The van der Waals surface area contributed by atoms with Gasteiger partial charge in [-0.1, -0.05) is 24.6 Å². The van der Waals surface area contributed by atoms with Gasteiger partial charge in [0, 0.05) is 12.1 Å². The summed E-state index contributed by atoms with van der Waals surface area (Å²) in [5.74, 6) is 6.18. The Morgan fingerprint density at radius 3 is 2.67 bits per heavy atom. The Bertz CT molecular complexity index is 475. The highest BCUT2D eigenvalue weighted by molar-refractivity contribution is 6.31. The molecule has 0 saturated heterocycles. The predicted octanol–water partition coefficient (Wildman–Crippen LogP) is 3.45. The third kappa shape index (κ3) is 3.75. The second-order valence-corrected chi connectivity index (χ2v) is 6.52. The predicted molar refractivity (Wildman–Crippen MR) is 83.6 cm³/mol. The molecule has 0 bridgehead atoms. The van der Waals surface area contributed by atoms with Crippen molar-refractivity contribution in [2.75, 3.05) is 7.11 Å². The minimum atomic E-state index is -0.325. The van der Waals surface area contributed by atoms with Crippen LogP contribution >= 0.6 is 11.6 Å². The van der Waals surface area contributed by atoms with E-state index in [1.807, 2.05) is 0 Å². The zero-order chi connectivity index (χ0) is 15.5. The maximum absolute atomic E-state index is 13.2. The molecule has 0 aliphatic heterocycles. The van der Waals surface area contributed by atoms with E-state index in [1.165, 1.54) is 12.1 Å². The summed E-state index contributed by atoms with van der Waals surface area (Å²) in [7, 11) is 1.74. The normalized spacial score (nSPS) is 27.6. The van der Waals surface area contributed by atoms with Gasteiger partial charge >= 0.3 is 0 Å². The number of ether oxygens (including phenoxy) is 1. The molecular formula is C16H24ClFN2O. The van der Waals surface area contributed by atoms with Crippen molar-refractivity contribution in [1.82, 2.24) is 5.43 Å². The first-order valence-electron chi connectivity index (χ1n) is 7.46. The fraction of sp³-hybridized carbons (Fsp3) is 0.625. The van der Waals surface area contributed by atoms with Gasteiger partial charge in [-0.25, -0.2) is 4.39 Å². The highest BCUT2D eigenvalue weighted by atomic mass is 35.5. The molecule has 5 heteroatoms. The molecule has 1 saturated carbocycles. The zero-order valence-corrected chi connectivity index (χ0v) is 13.4. The first kappa shape index (κ1) is 16.7. The summed E-state index contributed by atoms with van der Waals surface area (Å²) in [6.07, 6.45) is 4.82. The maximum atomic E-state index is 13.2. The van der Waals surface area contributed by atoms with Crippen LogP contribution in [0.5, 0.6) is 0 Å². The van der Waals surface area contributed by atoms with E-state index in [9.17, 15) is 4.39 Å². The van der Waals surface area contributed by atoms with E-state index in [0.29, 0.717) is 11.4 Å². The van der Waals surface area contributed by atoms with Gasteiger partial charge in [0.2, 0.25) is 0 Å². The van der Waals surface area contributed by atoms with Crippen molar-refractivity contribution in [3.63, 3.8) is 0 Å². The lowest BCUT2D eigenvalue weighted by Gasteiger charge is -2.44. The third-order valence-corrected chi connectivity index (χ3v) is 5.15. The smallest absolute Gasteiger partial charge is 0.124 e.